The molecular weight excluding hydrogens is 278 g/mol. The van der Waals surface area contributed by atoms with Gasteiger partial charge in [-0.25, -0.2) is 5.84 Å². The summed E-state index contributed by atoms with van der Waals surface area (Å²) >= 11 is 0. The molecule has 1 aromatic carbocycles. The maximum Gasteiger partial charge on any atom is 0.324 e. The van der Waals surface area contributed by atoms with Crippen LogP contribution in [0.4, 0.5) is 0 Å². The van der Waals surface area contributed by atoms with Crippen LogP contribution in [0.5, 0.6) is 0 Å². The molecule has 112 valence electrons. The van der Waals surface area contributed by atoms with Crippen molar-refractivity contribution < 1.29 is 24.2 Å². The highest BCUT2D eigenvalue weighted by Crippen LogP contribution is 2.23. The van der Waals surface area contributed by atoms with Crippen LogP contribution in [-0.2, 0) is 25.7 Å². The van der Waals surface area contributed by atoms with Crippen molar-refractivity contribution in [1.82, 2.24) is 10.3 Å². The Balaban J connectivity index is 1.78. The van der Waals surface area contributed by atoms with E-state index in [2.05, 4.69) is 5.32 Å². The number of nitrogens with zero attached hydrogens (tertiary/aromatic N) is 1. The van der Waals surface area contributed by atoms with E-state index in [1.54, 1.807) is 0 Å². The van der Waals surface area contributed by atoms with Gasteiger partial charge in [0.2, 0.25) is 0 Å². The minimum absolute atomic E-state index is 0.321. The van der Waals surface area contributed by atoms with Gasteiger partial charge in [-0.2, -0.15) is 0 Å². The molecule has 1 fully saturated rings. The fourth-order valence-corrected chi connectivity index (χ4v) is 1.77. The van der Waals surface area contributed by atoms with Crippen LogP contribution in [-0.4, -0.2) is 46.7 Å². The largest absolute Gasteiger partial charge is 0.480 e. The summed E-state index contributed by atoms with van der Waals surface area (Å²) in [4.78, 5) is 33.9. The average molecular weight is 293 g/mol. The number of ether oxygens (including phenoxy) is 1. The topological polar surface area (TPSA) is 125 Å². The van der Waals surface area contributed by atoms with Gasteiger partial charge in [-0.1, -0.05) is 30.3 Å². The minimum Gasteiger partial charge on any atom is -0.480 e. The van der Waals surface area contributed by atoms with Gasteiger partial charge in [0.15, 0.2) is 12.2 Å². The molecule has 2 atom stereocenters. The van der Waals surface area contributed by atoms with Gasteiger partial charge >= 0.3 is 5.97 Å². The van der Waals surface area contributed by atoms with E-state index in [1.165, 1.54) is 0 Å². The molecule has 21 heavy (non-hydrogen) atoms. The first-order chi connectivity index (χ1) is 9.99. The fourth-order valence-electron chi connectivity index (χ4n) is 1.77. The summed E-state index contributed by atoms with van der Waals surface area (Å²) in [5.41, 5.74) is 0.917. The second-order valence-electron chi connectivity index (χ2n) is 4.54. The van der Waals surface area contributed by atoms with Crippen LogP contribution in [0.3, 0.4) is 0 Å². The lowest BCUT2D eigenvalue weighted by molar-refractivity contribution is -0.145. The summed E-state index contributed by atoms with van der Waals surface area (Å²) in [7, 11) is 0. The molecule has 1 heterocycles. The van der Waals surface area contributed by atoms with Crippen LogP contribution in [0.1, 0.15) is 5.56 Å². The molecule has 0 spiro atoms. The Morgan fingerprint density at radius 3 is 2.52 bits per heavy atom. The van der Waals surface area contributed by atoms with Crippen LogP contribution < -0.4 is 11.2 Å². The number of carboxylic acid groups (broad SMARTS) is 1. The summed E-state index contributed by atoms with van der Waals surface area (Å²) in [6.45, 7) is -0.320. The van der Waals surface area contributed by atoms with Crippen molar-refractivity contribution in [2.75, 3.05) is 6.54 Å². The van der Waals surface area contributed by atoms with Crippen molar-refractivity contribution in [1.29, 1.82) is 0 Å². The second-order valence-corrected chi connectivity index (χ2v) is 4.54. The maximum atomic E-state index is 11.8. The van der Waals surface area contributed by atoms with Gasteiger partial charge < -0.3 is 15.2 Å². The number of amides is 2. The Bertz CT molecular complexity index is 548. The van der Waals surface area contributed by atoms with Crippen LogP contribution in [0, 0.1) is 0 Å². The monoisotopic (exact) mass is 293 g/mol. The molecule has 0 bridgehead atoms. The number of carboxylic acids is 1. The number of carbonyl (C=O) groups is 3. The molecule has 8 nitrogen and oxygen atoms in total. The maximum absolute atomic E-state index is 11.8. The molecule has 0 aliphatic carbocycles. The van der Waals surface area contributed by atoms with Crippen LogP contribution in [0.15, 0.2) is 30.3 Å². The van der Waals surface area contributed by atoms with E-state index in [1.807, 2.05) is 30.3 Å². The summed E-state index contributed by atoms with van der Waals surface area (Å²) < 4.78 is 4.96. The highest BCUT2D eigenvalue weighted by atomic mass is 16.6. The number of aliphatic carboxylic acids is 1. The molecule has 2 rings (SSSR count). The number of nitrogens with two attached hydrogens (primary N) is 1. The third-order valence-corrected chi connectivity index (χ3v) is 2.89. The minimum atomic E-state index is -1.24. The first kappa shape index (κ1) is 14.9. The van der Waals surface area contributed by atoms with E-state index >= 15 is 0 Å². The molecule has 0 saturated carbocycles. The summed E-state index contributed by atoms with van der Waals surface area (Å²) in [6.07, 6.45) is -1.92. The van der Waals surface area contributed by atoms with Gasteiger partial charge in [0.1, 0.15) is 6.54 Å². The summed E-state index contributed by atoms with van der Waals surface area (Å²) in [6, 6.07) is 9.26. The molecule has 2 amide bonds. The fraction of sp³-hybridized carbons (Fsp3) is 0.308. The normalized spacial score (nSPS) is 19.7. The van der Waals surface area contributed by atoms with Gasteiger partial charge in [0.25, 0.3) is 11.8 Å². The van der Waals surface area contributed by atoms with Crippen molar-refractivity contribution in [3.05, 3.63) is 35.9 Å². The number of hydrazine groups is 1. The Morgan fingerprint density at radius 2 is 1.90 bits per heavy atom. The van der Waals surface area contributed by atoms with Gasteiger partial charge in [-0.15, -0.1) is 0 Å². The second kappa shape index (κ2) is 6.33. The quantitative estimate of drug-likeness (QED) is 0.263. The van der Waals surface area contributed by atoms with E-state index < -0.39 is 36.5 Å². The smallest absolute Gasteiger partial charge is 0.324 e. The lowest BCUT2D eigenvalue weighted by Crippen LogP contribution is -2.45. The number of epoxide rings is 1. The molecule has 1 aliphatic heterocycles. The van der Waals surface area contributed by atoms with E-state index in [9.17, 15) is 14.4 Å². The predicted octanol–water partition coefficient (Wildman–Crippen LogP) is -1.14. The van der Waals surface area contributed by atoms with E-state index in [-0.39, 0.29) is 0 Å². The standard InChI is InChI=1S/C13H15N3O5/c14-16(7-9(17)18)13(20)11-10(21-11)12(19)15-6-8-4-2-1-3-5-8/h1-5,10-11H,6-7,14H2,(H,15,19)(H,17,18). The molecule has 1 aliphatic rings. The Labute approximate surface area is 120 Å². The third kappa shape index (κ3) is 4.01. The van der Waals surface area contributed by atoms with Gasteiger partial charge in [-0.3, -0.25) is 19.4 Å². The third-order valence-electron chi connectivity index (χ3n) is 2.89. The van der Waals surface area contributed by atoms with Crippen LogP contribution in [0.2, 0.25) is 0 Å². The Kier molecular flexibility index (Phi) is 4.51. The first-order valence-electron chi connectivity index (χ1n) is 6.24. The van der Waals surface area contributed by atoms with Crippen molar-refractivity contribution in [3.8, 4) is 0 Å². The molecule has 8 heteroatoms. The number of hydrogen-bond donors (Lipinski definition) is 3. The van der Waals surface area contributed by atoms with Crippen molar-refractivity contribution >= 4 is 17.8 Å². The number of hydrogen-bond acceptors (Lipinski definition) is 5. The van der Waals surface area contributed by atoms with E-state index in [0.717, 1.165) is 5.56 Å². The highest BCUT2D eigenvalue weighted by molar-refractivity contribution is 5.95. The average Bonchev–Trinajstić information content (AvgIpc) is 3.24. The molecule has 0 aromatic heterocycles. The van der Waals surface area contributed by atoms with Gasteiger partial charge in [0.05, 0.1) is 0 Å². The number of carbonyl (C=O) groups excluding carboxylic acids is 2. The molecule has 4 N–H and O–H groups in total. The Morgan fingerprint density at radius 1 is 1.24 bits per heavy atom. The zero-order valence-electron chi connectivity index (χ0n) is 11.1. The SMILES string of the molecule is NN(CC(=O)O)C(=O)C1OC1C(=O)NCc1ccccc1. The molecular formula is C13H15N3O5. The Hall–Kier alpha value is -2.45. The van der Waals surface area contributed by atoms with Crippen LogP contribution in [0.25, 0.3) is 0 Å². The van der Waals surface area contributed by atoms with Crippen molar-refractivity contribution in [3.63, 3.8) is 0 Å². The first-order valence-corrected chi connectivity index (χ1v) is 6.24. The van der Waals surface area contributed by atoms with Gasteiger partial charge in [-0.05, 0) is 5.56 Å². The van der Waals surface area contributed by atoms with Gasteiger partial charge in [0, 0.05) is 6.54 Å². The molecule has 0 radical (unpaired) electrons. The summed E-state index contributed by atoms with van der Waals surface area (Å²) in [5.74, 6) is 2.88. The molecule has 1 aromatic rings. The van der Waals surface area contributed by atoms with Crippen molar-refractivity contribution in [2.24, 2.45) is 5.84 Å². The van der Waals surface area contributed by atoms with Crippen molar-refractivity contribution in [2.45, 2.75) is 18.8 Å². The zero-order valence-corrected chi connectivity index (χ0v) is 11.1. The summed E-state index contributed by atoms with van der Waals surface area (Å²) in [5, 5.41) is 11.7. The lowest BCUT2D eigenvalue weighted by atomic mass is 10.2. The highest BCUT2D eigenvalue weighted by Gasteiger charge is 2.51. The predicted molar refractivity (Wildman–Crippen MR) is 70.5 cm³/mol. The number of benzene rings is 1. The lowest BCUT2D eigenvalue weighted by Gasteiger charge is -2.11. The van der Waals surface area contributed by atoms with Crippen LogP contribution >= 0.6 is 0 Å². The zero-order chi connectivity index (χ0) is 15.4. The molecule has 2 unspecified atom stereocenters. The molecule has 1 saturated heterocycles. The van der Waals surface area contributed by atoms with E-state index in [0.29, 0.717) is 11.6 Å². The number of rotatable bonds is 6. The van der Waals surface area contributed by atoms with E-state index in [4.69, 9.17) is 15.7 Å². The number of nitrogens with one attached hydrogen (secondary N) is 1.